The Morgan fingerprint density at radius 3 is 2.50 bits per heavy atom. The molecule has 0 unspecified atom stereocenters. The van der Waals surface area contributed by atoms with Crippen molar-refractivity contribution in [2.75, 3.05) is 6.54 Å². The minimum Gasteiger partial charge on any atom is -0.394 e. The number of allylic oxidation sites excluding steroid dienone is 3. The maximum atomic E-state index is 15.4. The summed E-state index contributed by atoms with van der Waals surface area (Å²) >= 11 is 0. The summed E-state index contributed by atoms with van der Waals surface area (Å²) in [6.45, 7) is 4.08. The maximum Gasteiger partial charge on any atom is 0.737 e. The van der Waals surface area contributed by atoms with Gasteiger partial charge in [0.1, 0.15) is 5.71 Å². The maximum absolute atomic E-state index is 15.4. The van der Waals surface area contributed by atoms with Crippen LogP contribution in [0.2, 0.25) is 0 Å². The number of azide groups is 1. The molecule has 0 bridgehead atoms. The molecule has 0 saturated carbocycles. The Kier molecular flexibility index (Phi) is 5.80. The third-order valence-electron chi connectivity index (χ3n) is 5.78. The first-order chi connectivity index (χ1) is 13.3. The fourth-order valence-corrected chi connectivity index (χ4v) is 4.73. The van der Waals surface area contributed by atoms with E-state index in [0.29, 0.717) is 29.3 Å². The minimum absolute atomic E-state index is 0.545. The number of hydrogen-bond donors (Lipinski definition) is 0. The molecule has 0 fully saturated rings. The Labute approximate surface area is 165 Å². The number of aryl methyl sites for hydroxylation is 2. The quantitative estimate of drug-likeness (QED) is 0.169. The summed E-state index contributed by atoms with van der Waals surface area (Å²) in [5, 5.41) is 3.55. The van der Waals surface area contributed by atoms with Crippen LogP contribution in [0.15, 0.2) is 28.5 Å². The Balaban J connectivity index is 1.85. The van der Waals surface area contributed by atoms with E-state index in [9.17, 15) is 0 Å². The summed E-state index contributed by atoms with van der Waals surface area (Å²) < 4.78 is 33.4. The molecule has 0 radical (unpaired) electrons. The lowest BCUT2D eigenvalue weighted by molar-refractivity contribution is -0.363. The molecule has 2 aliphatic rings. The molecule has 3 heterocycles. The zero-order chi connectivity index (χ0) is 20.5. The van der Waals surface area contributed by atoms with E-state index in [2.05, 4.69) is 10.0 Å². The fourth-order valence-electron chi connectivity index (χ4n) is 4.73. The monoisotopic (exact) mass is 387 g/mol. The molecule has 0 aromatic carbocycles. The zero-order valence-corrected chi connectivity index (χ0v) is 17.2. The summed E-state index contributed by atoms with van der Waals surface area (Å²) in [7, 11) is 0. The predicted octanol–water partition coefficient (Wildman–Crippen LogP) is 6.14. The van der Waals surface area contributed by atoms with Gasteiger partial charge in [0.25, 0.3) is 0 Å². The van der Waals surface area contributed by atoms with Crippen LogP contribution in [0.25, 0.3) is 16.0 Å². The van der Waals surface area contributed by atoms with Gasteiger partial charge in [-0.05, 0) is 62.9 Å². The SMILES string of the molecule is CC1=CC(C)=[N+]2C1=C(CCCCCCCN=[N+]=[N-])c1c(C)cc(C)n1[B-]2(F)F. The third-order valence-corrected chi connectivity index (χ3v) is 5.78. The number of unbranched alkanes of at least 4 members (excludes halogenated alkanes) is 4. The van der Waals surface area contributed by atoms with Crippen molar-refractivity contribution in [2.24, 2.45) is 5.11 Å². The summed E-state index contributed by atoms with van der Waals surface area (Å²) in [5.74, 6) is 0. The average Bonchev–Trinajstić information content (AvgIpc) is 3.09. The highest BCUT2D eigenvalue weighted by atomic mass is 19.2. The number of nitrogens with zero attached hydrogens (tertiary/aromatic N) is 5. The number of hydrogen-bond acceptors (Lipinski definition) is 1. The number of fused-ring (bicyclic) bond motifs is 2. The van der Waals surface area contributed by atoms with Gasteiger partial charge in [0.2, 0.25) is 0 Å². The van der Waals surface area contributed by atoms with Crippen LogP contribution < -0.4 is 0 Å². The molecule has 1 aromatic rings. The number of halogens is 2. The lowest BCUT2D eigenvalue weighted by Crippen LogP contribution is -2.51. The van der Waals surface area contributed by atoms with Crippen LogP contribution in [0.5, 0.6) is 0 Å². The topological polar surface area (TPSA) is 56.7 Å². The van der Waals surface area contributed by atoms with Crippen molar-refractivity contribution in [3.05, 3.63) is 50.8 Å². The third kappa shape index (κ3) is 3.41. The van der Waals surface area contributed by atoms with E-state index in [-0.39, 0.29) is 0 Å². The molecule has 2 aliphatic heterocycles. The molecule has 0 N–H and O–H groups in total. The van der Waals surface area contributed by atoms with E-state index in [4.69, 9.17) is 5.53 Å². The smallest absolute Gasteiger partial charge is 0.394 e. The molecular weight excluding hydrogens is 359 g/mol. The van der Waals surface area contributed by atoms with Crippen LogP contribution in [0.4, 0.5) is 8.63 Å². The summed E-state index contributed by atoms with van der Waals surface area (Å²) in [5.41, 5.74) is 13.8. The van der Waals surface area contributed by atoms with Crippen molar-refractivity contribution < 1.29 is 13.1 Å². The molecule has 5 nitrogen and oxygen atoms in total. The van der Waals surface area contributed by atoms with Crippen molar-refractivity contribution in [1.29, 1.82) is 0 Å². The highest BCUT2D eigenvalue weighted by molar-refractivity contribution is 6.58. The molecule has 150 valence electrons. The van der Waals surface area contributed by atoms with E-state index in [1.54, 1.807) is 13.8 Å². The largest absolute Gasteiger partial charge is 0.737 e. The first-order valence-corrected chi connectivity index (χ1v) is 10.1. The summed E-state index contributed by atoms with van der Waals surface area (Å²) in [6.07, 6.45) is 7.65. The molecular formula is C20H28BF2N5. The number of aromatic nitrogens is 1. The van der Waals surface area contributed by atoms with E-state index in [1.807, 2.05) is 26.0 Å². The Morgan fingerprint density at radius 2 is 1.79 bits per heavy atom. The normalized spacial score (nSPS) is 17.4. The van der Waals surface area contributed by atoms with Crippen LogP contribution in [-0.2, 0) is 0 Å². The van der Waals surface area contributed by atoms with Gasteiger partial charge in [-0.3, -0.25) is 0 Å². The van der Waals surface area contributed by atoms with Crippen LogP contribution in [-0.4, -0.2) is 28.2 Å². The molecule has 0 atom stereocenters. The van der Waals surface area contributed by atoms with E-state index >= 15 is 8.63 Å². The van der Waals surface area contributed by atoms with Gasteiger partial charge in [0.05, 0.1) is 0 Å². The van der Waals surface area contributed by atoms with Crippen LogP contribution in [0, 0.1) is 13.8 Å². The first-order valence-electron chi connectivity index (χ1n) is 10.1. The van der Waals surface area contributed by atoms with Gasteiger partial charge in [-0.2, -0.15) is 0 Å². The molecule has 28 heavy (non-hydrogen) atoms. The second-order valence-corrected chi connectivity index (χ2v) is 7.91. The Morgan fingerprint density at radius 1 is 1.11 bits per heavy atom. The van der Waals surface area contributed by atoms with Gasteiger partial charge in [-0.25, -0.2) is 0 Å². The van der Waals surface area contributed by atoms with Crippen LogP contribution in [0.3, 0.4) is 0 Å². The predicted molar refractivity (Wildman–Crippen MR) is 111 cm³/mol. The zero-order valence-electron chi connectivity index (χ0n) is 17.2. The molecule has 0 amide bonds. The molecule has 0 aliphatic carbocycles. The second kappa shape index (κ2) is 7.96. The minimum atomic E-state index is -3.87. The van der Waals surface area contributed by atoms with Crippen molar-refractivity contribution in [1.82, 2.24) is 4.48 Å². The van der Waals surface area contributed by atoms with Crippen LogP contribution >= 0.6 is 0 Å². The van der Waals surface area contributed by atoms with E-state index in [1.165, 1.54) is 8.96 Å². The van der Waals surface area contributed by atoms with Crippen molar-refractivity contribution in [3.63, 3.8) is 0 Å². The molecule has 1 aromatic heterocycles. The summed E-state index contributed by atoms with van der Waals surface area (Å²) in [6, 6.07) is 1.87. The molecule has 8 heteroatoms. The molecule has 3 rings (SSSR count). The average molecular weight is 387 g/mol. The lowest BCUT2D eigenvalue weighted by Gasteiger charge is -2.34. The van der Waals surface area contributed by atoms with Gasteiger partial charge in [-0.15, -0.1) is 0 Å². The standard InChI is InChI=1S/C20H28BF2N5/c1-14-12-16(3)27-19(14)18(10-8-6-5-7-9-11-25-26-24)20-15(2)13-17(4)28(20)21(27,22)23/h12-13H,5-11H2,1-4H3. The summed E-state index contributed by atoms with van der Waals surface area (Å²) in [4.78, 5) is 2.76. The highest BCUT2D eigenvalue weighted by Gasteiger charge is 2.54. The Bertz CT molecular complexity index is 933. The first kappa shape index (κ1) is 20.4. The van der Waals surface area contributed by atoms with Gasteiger partial charge >= 0.3 is 6.97 Å². The lowest BCUT2D eigenvalue weighted by atomic mass is 9.84. The van der Waals surface area contributed by atoms with Gasteiger partial charge < -0.3 is 17.6 Å². The van der Waals surface area contributed by atoms with Gasteiger partial charge in [0, 0.05) is 41.3 Å². The van der Waals surface area contributed by atoms with Crippen LogP contribution in [0.1, 0.15) is 69.3 Å². The second-order valence-electron chi connectivity index (χ2n) is 7.91. The number of rotatable bonds is 8. The molecule has 0 saturated heterocycles. The highest BCUT2D eigenvalue weighted by Crippen LogP contribution is 2.43. The molecule has 0 spiro atoms. The van der Waals surface area contributed by atoms with Gasteiger partial charge in [-0.1, -0.05) is 24.4 Å². The van der Waals surface area contributed by atoms with Gasteiger partial charge in [0.15, 0.2) is 5.70 Å². The Hall–Kier alpha value is -2.34. The van der Waals surface area contributed by atoms with E-state index < -0.39 is 6.97 Å². The van der Waals surface area contributed by atoms with Crippen molar-refractivity contribution in [3.8, 4) is 0 Å². The van der Waals surface area contributed by atoms with Crippen molar-refractivity contribution >= 4 is 18.3 Å². The van der Waals surface area contributed by atoms with E-state index in [0.717, 1.165) is 55.2 Å². The fraction of sp³-hybridized carbons (Fsp3) is 0.550. The van der Waals surface area contributed by atoms with Crippen molar-refractivity contribution in [2.45, 2.75) is 66.2 Å².